The van der Waals surface area contributed by atoms with Crippen LogP contribution in [0.25, 0.3) is 0 Å². The highest BCUT2D eigenvalue weighted by atomic mass is 16.3. The fourth-order valence-corrected chi connectivity index (χ4v) is 2.74. The fourth-order valence-electron chi connectivity index (χ4n) is 2.74. The van der Waals surface area contributed by atoms with Crippen LogP contribution in [0, 0.1) is 12.3 Å². The molecule has 1 aliphatic heterocycles. The number of hydrogen-bond acceptors (Lipinski definition) is 3. The van der Waals surface area contributed by atoms with Crippen molar-refractivity contribution >= 4 is 0 Å². The second kappa shape index (κ2) is 4.78. The molecule has 0 amide bonds. The minimum absolute atomic E-state index is 0.0777. The zero-order chi connectivity index (χ0) is 12.5. The van der Waals surface area contributed by atoms with Crippen molar-refractivity contribution in [1.29, 1.82) is 0 Å². The van der Waals surface area contributed by atoms with Crippen LogP contribution in [0.3, 0.4) is 0 Å². The van der Waals surface area contributed by atoms with Gasteiger partial charge < -0.3 is 5.11 Å². The van der Waals surface area contributed by atoms with Crippen LogP contribution in [0.4, 0.5) is 0 Å². The van der Waals surface area contributed by atoms with Crippen LogP contribution in [-0.4, -0.2) is 39.5 Å². The normalized spacial score (nSPS) is 26.4. The lowest BCUT2D eigenvalue weighted by Crippen LogP contribution is -2.43. The van der Waals surface area contributed by atoms with Gasteiger partial charge in [0, 0.05) is 43.9 Å². The molecule has 1 saturated heterocycles. The molecule has 1 atom stereocenters. The average Bonchev–Trinajstić information content (AvgIpc) is 2.58. The van der Waals surface area contributed by atoms with Gasteiger partial charge in [0.2, 0.25) is 0 Å². The van der Waals surface area contributed by atoms with Crippen molar-refractivity contribution in [2.45, 2.75) is 33.2 Å². The molecule has 0 spiro atoms. The molecular formula is C13H23N3O. The first kappa shape index (κ1) is 12.6. The first-order chi connectivity index (χ1) is 8.02. The second-order valence-corrected chi connectivity index (χ2v) is 5.70. The summed E-state index contributed by atoms with van der Waals surface area (Å²) in [5.41, 5.74) is 2.49. The Morgan fingerprint density at radius 3 is 2.88 bits per heavy atom. The molecule has 17 heavy (non-hydrogen) atoms. The number of aliphatic hydroxyl groups excluding tert-OH is 1. The maximum absolute atomic E-state index is 9.45. The van der Waals surface area contributed by atoms with E-state index in [9.17, 15) is 5.11 Å². The molecule has 0 aromatic carbocycles. The van der Waals surface area contributed by atoms with E-state index in [2.05, 4.69) is 30.0 Å². The molecule has 0 radical (unpaired) electrons. The number of rotatable bonds is 3. The average molecular weight is 237 g/mol. The smallest absolute Gasteiger partial charge is 0.0638 e. The van der Waals surface area contributed by atoms with Crippen LogP contribution < -0.4 is 0 Å². The van der Waals surface area contributed by atoms with E-state index in [-0.39, 0.29) is 12.0 Å². The van der Waals surface area contributed by atoms with Crippen molar-refractivity contribution in [1.82, 2.24) is 14.7 Å². The van der Waals surface area contributed by atoms with Crippen molar-refractivity contribution in [3.8, 4) is 0 Å². The largest absolute Gasteiger partial charge is 0.396 e. The van der Waals surface area contributed by atoms with Gasteiger partial charge in [0.25, 0.3) is 0 Å². The van der Waals surface area contributed by atoms with E-state index in [1.165, 1.54) is 12.0 Å². The number of piperidine rings is 1. The molecule has 0 bridgehead atoms. The molecule has 1 fully saturated rings. The van der Waals surface area contributed by atoms with Gasteiger partial charge in [-0.1, -0.05) is 6.92 Å². The van der Waals surface area contributed by atoms with E-state index in [4.69, 9.17) is 0 Å². The summed E-state index contributed by atoms with van der Waals surface area (Å²) in [6.45, 7) is 7.59. The molecule has 1 unspecified atom stereocenters. The van der Waals surface area contributed by atoms with Crippen molar-refractivity contribution in [3.63, 3.8) is 0 Å². The molecule has 0 aliphatic carbocycles. The first-order valence-electron chi connectivity index (χ1n) is 6.35. The Hall–Kier alpha value is -0.870. The predicted octanol–water partition coefficient (Wildman–Crippen LogP) is 1.32. The van der Waals surface area contributed by atoms with E-state index >= 15 is 0 Å². The summed E-state index contributed by atoms with van der Waals surface area (Å²) >= 11 is 0. The Labute approximate surface area is 103 Å². The summed E-state index contributed by atoms with van der Waals surface area (Å²) in [7, 11) is 1.96. The second-order valence-electron chi connectivity index (χ2n) is 5.70. The van der Waals surface area contributed by atoms with Crippen LogP contribution in [0.15, 0.2) is 6.20 Å². The third kappa shape index (κ3) is 2.87. The van der Waals surface area contributed by atoms with Crippen LogP contribution in [0.1, 0.15) is 31.0 Å². The van der Waals surface area contributed by atoms with E-state index < -0.39 is 0 Å². The third-order valence-corrected chi connectivity index (χ3v) is 3.75. The van der Waals surface area contributed by atoms with Gasteiger partial charge in [-0.3, -0.25) is 9.58 Å². The molecule has 2 heterocycles. The minimum Gasteiger partial charge on any atom is -0.396 e. The minimum atomic E-state index is 0.0777. The lowest BCUT2D eigenvalue weighted by atomic mass is 9.82. The Balaban J connectivity index is 2.02. The zero-order valence-corrected chi connectivity index (χ0v) is 11.1. The van der Waals surface area contributed by atoms with E-state index in [0.717, 1.165) is 31.7 Å². The van der Waals surface area contributed by atoms with Crippen molar-refractivity contribution in [2.24, 2.45) is 12.5 Å². The van der Waals surface area contributed by atoms with Gasteiger partial charge >= 0.3 is 0 Å². The molecule has 0 saturated carbocycles. The molecular weight excluding hydrogens is 214 g/mol. The van der Waals surface area contributed by atoms with Crippen LogP contribution in [0.5, 0.6) is 0 Å². The highest BCUT2D eigenvalue weighted by Gasteiger charge is 2.30. The Kier molecular flexibility index (Phi) is 3.54. The Bertz CT molecular complexity index is 388. The molecule has 1 aromatic rings. The zero-order valence-electron chi connectivity index (χ0n) is 11.1. The summed E-state index contributed by atoms with van der Waals surface area (Å²) in [6.07, 6.45) is 4.41. The molecule has 1 aliphatic rings. The lowest BCUT2D eigenvalue weighted by molar-refractivity contribution is 0.0428. The quantitative estimate of drug-likeness (QED) is 0.862. The van der Waals surface area contributed by atoms with Crippen LogP contribution in [0.2, 0.25) is 0 Å². The van der Waals surface area contributed by atoms with E-state index in [1.54, 1.807) is 0 Å². The summed E-state index contributed by atoms with van der Waals surface area (Å²) in [5, 5.41) is 13.8. The SMILES string of the molecule is Cc1nn(C)cc1CN1CCCC(C)(CO)C1. The lowest BCUT2D eigenvalue weighted by Gasteiger charge is -2.39. The van der Waals surface area contributed by atoms with Crippen molar-refractivity contribution < 1.29 is 5.11 Å². The number of aromatic nitrogens is 2. The monoisotopic (exact) mass is 237 g/mol. The Morgan fingerprint density at radius 1 is 1.53 bits per heavy atom. The summed E-state index contributed by atoms with van der Waals surface area (Å²) in [5.74, 6) is 0. The molecule has 4 nitrogen and oxygen atoms in total. The van der Waals surface area contributed by atoms with E-state index in [1.807, 2.05) is 11.7 Å². The molecule has 1 N–H and O–H groups in total. The van der Waals surface area contributed by atoms with Gasteiger partial charge in [0.1, 0.15) is 0 Å². The standard InChI is InChI=1S/C13H23N3O/c1-11-12(7-15(3)14-11)8-16-6-4-5-13(2,9-16)10-17/h7,17H,4-6,8-10H2,1-3H3. The molecule has 1 aromatic heterocycles. The third-order valence-electron chi connectivity index (χ3n) is 3.75. The summed E-state index contributed by atoms with van der Waals surface area (Å²) in [6, 6.07) is 0. The first-order valence-corrected chi connectivity index (χ1v) is 6.35. The highest BCUT2D eigenvalue weighted by Crippen LogP contribution is 2.29. The topological polar surface area (TPSA) is 41.3 Å². The van der Waals surface area contributed by atoms with Gasteiger partial charge in [0.15, 0.2) is 0 Å². The fraction of sp³-hybridized carbons (Fsp3) is 0.769. The predicted molar refractivity (Wildman–Crippen MR) is 67.6 cm³/mol. The van der Waals surface area contributed by atoms with Gasteiger partial charge in [-0.25, -0.2) is 0 Å². The number of aliphatic hydroxyl groups is 1. The molecule has 2 rings (SSSR count). The van der Waals surface area contributed by atoms with Gasteiger partial charge in [-0.15, -0.1) is 0 Å². The summed E-state index contributed by atoms with van der Waals surface area (Å²) in [4.78, 5) is 2.43. The molecule has 4 heteroatoms. The number of hydrogen-bond donors (Lipinski definition) is 1. The van der Waals surface area contributed by atoms with E-state index in [0.29, 0.717) is 0 Å². The number of likely N-dealkylation sites (tertiary alicyclic amines) is 1. The van der Waals surface area contributed by atoms with Gasteiger partial charge in [-0.05, 0) is 26.3 Å². The number of aryl methyl sites for hydroxylation is 2. The van der Waals surface area contributed by atoms with Gasteiger partial charge in [0.05, 0.1) is 5.69 Å². The maximum Gasteiger partial charge on any atom is 0.0638 e. The maximum atomic E-state index is 9.45. The van der Waals surface area contributed by atoms with Crippen LogP contribution >= 0.6 is 0 Å². The molecule has 96 valence electrons. The number of nitrogens with zero attached hydrogens (tertiary/aromatic N) is 3. The summed E-state index contributed by atoms with van der Waals surface area (Å²) < 4.78 is 1.87. The highest BCUT2D eigenvalue weighted by molar-refractivity contribution is 5.15. The van der Waals surface area contributed by atoms with Crippen molar-refractivity contribution in [3.05, 3.63) is 17.5 Å². The van der Waals surface area contributed by atoms with Crippen molar-refractivity contribution in [2.75, 3.05) is 19.7 Å². The Morgan fingerprint density at radius 2 is 2.29 bits per heavy atom. The van der Waals surface area contributed by atoms with Gasteiger partial charge in [-0.2, -0.15) is 5.10 Å². The van der Waals surface area contributed by atoms with Crippen LogP contribution in [-0.2, 0) is 13.6 Å².